The van der Waals surface area contributed by atoms with Crippen LogP contribution in [0, 0.1) is 0 Å². The molecule has 0 radical (unpaired) electrons. The number of ketones is 1. The van der Waals surface area contributed by atoms with E-state index in [9.17, 15) is 4.79 Å². The van der Waals surface area contributed by atoms with Crippen molar-refractivity contribution >= 4 is 45.7 Å². The van der Waals surface area contributed by atoms with E-state index in [1.807, 2.05) is 36.4 Å². The monoisotopic (exact) mass is 502 g/mol. The van der Waals surface area contributed by atoms with Gasteiger partial charge in [0.15, 0.2) is 11.4 Å². The Hall–Kier alpha value is -3.91. The van der Waals surface area contributed by atoms with Crippen LogP contribution in [0.5, 0.6) is 5.75 Å². The van der Waals surface area contributed by atoms with Gasteiger partial charge >= 0.3 is 0 Å². The zero-order chi connectivity index (χ0) is 25.1. The van der Waals surface area contributed by atoms with E-state index in [1.54, 1.807) is 7.11 Å². The van der Waals surface area contributed by atoms with Crippen LogP contribution in [0.15, 0.2) is 55.1 Å². The zero-order valence-corrected chi connectivity index (χ0v) is 20.8. The molecule has 5 rings (SSSR count). The molecule has 1 saturated heterocycles. The number of methoxy groups -OCH3 is 1. The van der Waals surface area contributed by atoms with Crippen molar-refractivity contribution in [3.05, 3.63) is 65.8 Å². The van der Waals surface area contributed by atoms with Crippen molar-refractivity contribution in [1.29, 1.82) is 0 Å². The Morgan fingerprint density at radius 3 is 2.81 bits per heavy atom. The van der Waals surface area contributed by atoms with Crippen LogP contribution in [0.25, 0.3) is 22.3 Å². The fraction of sp³-hybridized carbons (Fsp3) is 0.259. The quantitative estimate of drug-likeness (QED) is 0.298. The van der Waals surface area contributed by atoms with Gasteiger partial charge in [-0.25, -0.2) is 4.98 Å². The molecule has 36 heavy (non-hydrogen) atoms. The van der Waals surface area contributed by atoms with Crippen molar-refractivity contribution in [2.75, 3.05) is 30.4 Å². The third kappa shape index (κ3) is 4.90. The average molecular weight is 503 g/mol. The topological polar surface area (TPSA) is 96.0 Å². The number of H-pyrrole nitrogens is 1. The number of nitrogens with zero attached hydrogens (tertiary/aromatic N) is 4. The number of carbonyl (C=O) groups is 1. The van der Waals surface area contributed by atoms with Gasteiger partial charge in [0.1, 0.15) is 10.9 Å². The van der Waals surface area contributed by atoms with E-state index < -0.39 is 0 Å². The first-order chi connectivity index (χ1) is 17.6. The number of hydrogen-bond acceptors (Lipinski definition) is 7. The molecular formula is C27H27ClN6O2. The lowest BCUT2D eigenvalue weighted by Gasteiger charge is -2.30. The standard InChI is InChI=1S/C27H27ClN6O2/c1-3-20(35)15-17-8-7-9-18(14-17)24-23-25(28)32-33-26(23)31-27(30-24)29-19-10-11-22(36-2)21(16-19)34-12-5-4-6-13-34/h3,7-11,14,16H,1,4-6,12-13,15H2,2H3,(H2,29,30,31,32,33). The summed E-state index contributed by atoms with van der Waals surface area (Å²) in [5, 5.41) is 11.4. The Bertz CT molecular complexity index is 1430. The van der Waals surface area contributed by atoms with Crippen molar-refractivity contribution in [3.8, 4) is 17.0 Å². The molecule has 8 nitrogen and oxygen atoms in total. The number of nitrogens with one attached hydrogen (secondary N) is 2. The van der Waals surface area contributed by atoms with Gasteiger partial charge in [-0.2, -0.15) is 10.1 Å². The van der Waals surface area contributed by atoms with Gasteiger partial charge in [0.2, 0.25) is 5.95 Å². The Kier molecular flexibility index (Phi) is 6.86. The maximum absolute atomic E-state index is 11.9. The number of piperidine rings is 1. The number of anilines is 3. The summed E-state index contributed by atoms with van der Waals surface area (Å²) in [7, 11) is 1.69. The lowest BCUT2D eigenvalue weighted by atomic mass is 10.0. The van der Waals surface area contributed by atoms with Gasteiger partial charge in [0.05, 0.1) is 23.9 Å². The number of rotatable bonds is 8. The summed E-state index contributed by atoms with van der Waals surface area (Å²) in [6.07, 6.45) is 5.18. The van der Waals surface area contributed by atoms with Crippen molar-refractivity contribution in [2.24, 2.45) is 0 Å². The fourth-order valence-corrected chi connectivity index (χ4v) is 4.75. The number of fused-ring (bicyclic) bond motifs is 1. The second kappa shape index (κ2) is 10.4. The summed E-state index contributed by atoms with van der Waals surface area (Å²) in [5.41, 5.74) is 4.63. The van der Waals surface area contributed by atoms with E-state index >= 15 is 0 Å². The molecule has 0 atom stereocenters. The highest BCUT2D eigenvalue weighted by Gasteiger charge is 2.19. The van der Waals surface area contributed by atoms with E-state index in [2.05, 4.69) is 38.0 Å². The van der Waals surface area contributed by atoms with Crippen LogP contribution in [-0.2, 0) is 11.2 Å². The lowest BCUT2D eigenvalue weighted by molar-refractivity contribution is -0.114. The van der Waals surface area contributed by atoms with Crippen LogP contribution in [-0.4, -0.2) is 46.1 Å². The fourth-order valence-electron chi connectivity index (χ4n) is 4.54. The third-order valence-corrected chi connectivity index (χ3v) is 6.58. The van der Waals surface area contributed by atoms with Crippen LogP contribution in [0.1, 0.15) is 24.8 Å². The Labute approximate surface area is 214 Å². The number of ether oxygens (including phenoxy) is 1. The van der Waals surface area contributed by atoms with E-state index in [0.717, 1.165) is 41.3 Å². The van der Waals surface area contributed by atoms with Gasteiger partial charge in [-0.05, 0) is 55.2 Å². The highest BCUT2D eigenvalue weighted by molar-refractivity contribution is 6.35. The van der Waals surface area contributed by atoms with Gasteiger partial charge in [-0.1, -0.05) is 36.4 Å². The Morgan fingerprint density at radius 2 is 2.03 bits per heavy atom. The SMILES string of the molecule is C=CC(=O)Cc1cccc(-c2nc(Nc3ccc(OC)c(N4CCCCC4)c3)nc3n[nH]c(Cl)c23)c1. The van der Waals surface area contributed by atoms with Gasteiger partial charge in [0, 0.05) is 30.8 Å². The molecule has 1 fully saturated rings. The lowest BCUT2D eigenvalue weighted by Crippen LogP contribution is -2.29. The van der Waals surface area contributed by atoms with E-state index in [4.69, 9.17) is 21.3 Å². The number of halogens is 1. The molecule has 0 saturated carbocycles. The molecular weight excluding hydrogens is 476 g/mol. The van der Waals surface area contributed by atoms with Gasteiger partial charge in [-0.15, -0.1) is 0 Å². The van der Waals surface area contributed by atoms with Crippen molar-refractivity contribution in [3.63, 3.8) is 0 Å². The zero-order valence-electron chi connectivity index (χ0n) is 20.1. The minimum Gasteiger partial charge on any atom is -0.495 e. The predicted molar refractivity (Wildman–Crippen MR) is 143 cm³/mol. The normalized spacial score (nSPS) is 13.6. The number of aromatic amines is 1. The van der Waals surface area contributed by atoms with Gasteiger partial charge < -0.3 is 15.0 Å². The summed E-state index contributed by atoms with van der Waals surface area (Å²) in [4.78, 5) is 23.6. The molecule has 9 heteroatoms. The maximum Gasteiger partial charge on any atom is 0.229 e. The summed E-state index contributed by atoms with van der Waals surface area (Å²) in [6, 6.07) is 13.6. The molecule has 0 spiro atoms. The first-order valence-corrected chi connectivity index (χ1v) is 12.3. The van der Waals surface area contributed by atoms with Crippen LogP contribution in [0.2, 0.25) is 5.15 Å². The summed E-state index contributed by atoms with van der Waals surface area (Å²) < 4.78 is 5.63. The molecule has 4 aromatic rings. The molecule has 2 aromatic carbocycles. The number of carbonyl (C=O) groups excluding carboxylic acids is 1. The number of benzene rings is 2. The predicted octanol–water partition coefficient (Wildman–Crippen LogP) is 5.71. The minimum atomic E-state index is -0.0484. The Morgan fingerprint density at radius 1 is 1.19 bits per heavy atom. The second-order valence-electron chi connectivity index (χ2n) is 8.74. The summed E-state index contributed by atoms with van der Waals surface area (Å²) >= 11 is 6.42. The number of allylic oxidation sites excluding steroid dienone is 1. The van der Waals surface area contributed by atoms with Gasteiger partial charge in [-0.3, -0.25) is 9.89 Å². The molecule has 3 heterocycles. The molecule has 0 amide bonds. The smallest absolute Gasteiger partial charge is 0.229 e. The van der Waals surface area contributed by atoms with Crippen LogP contribution < -0.4 is 15.0 Å². The van der Waals surface area contributed by atoms with E-state index in [1.165, 1.54) is 25.3 Å². The molecule has 1 aliphatic rings. The van der Waals surface area contributed by atoms with Crippen molar-refractivity contribution < 1.29 is 9.53 Å². The molecule has 2 aromatic heterocycles. The highest BCUT2D eigenvalue weighted by atomic mass is 35.5. The maximum atomic E-state index is 11.9. The van der Waals surface area contributed by atoms with E-state index in [0.29, 0.717) is 27.8 Å². The summed E-state index contributed by atoms with van der Waals surface area (Å²) in [6.45, 7) is 5.57. The number of hydrogen-bond donors (Lipinski definition) is 2. The van der Waals surface area contributed by atoms with Crippen molar-refractivity contribution in [2.45, 2.75) is 25.7 Å². The molecule has 0 aliphatic carbocycles. The van der Waals surface area contributed by atoms with Crippen LogP contribution >= 0.6 is 11.6 Å². The molecule has 2 N–H and O–H groups in total. The largest absolute Gasteiger partial charge is 0.495 e. The Balaban J connectivity index is 1.53. The van der Waals surface area contributed by atoms with Crippen molar-refractivity contribution in [1.82, 2.24) is 20.2 Å². The highest BCUT2D eigenvalue weighted by Crippen LogP contribution is 2.35. The molecule has 184 valence electrons. The minimum absolute atomic E-state index is 0.0484. The third-order valence-electron chi connectivity index (χ3n) is 6.31. The summed E-state index contributed by atoms with van der Waals surface area (Å²) in [5.74, 6) is 1.18. The van der Waals surface area contributed by atoms with Crippen LogP contribution in [0.3, 0.4) is 0 Å². The first-order valence-electron chi connectivity index (χ1n) is 11.9. The molecule has 0 bridgehead atoms. The number of aromatic nitrogens is 4. The molecule has 1 aliphatic heterocycles. The van der Waals surface area contributed by atoms with Crippen LogP contribution in [0.4, 0.5) is 17.3 Å². The molecule has 0 unspecified atom stereocenters. The second-order valence-corrected chi connectivity index (χ2v) is 9.12. The van der Waals surface area contributed by atoms with E-state index in [-0.39, 0.29) is 12.2 Å². The van der Waals surface area contributed by atoms with Gasteiger partial charge in [0.25, 0.3) is 0 Å². The first kappa shape index (κ1) is 23.8. The average Bonchev–Trinajstić information content (AvgIpc) is 3.29.